The second-order valence-corrected chi connectivity index (χ2v) is 11.9. The fourth-order valence-electron chi connectivity index (χ4n) is 0.619. The molecule has 0 spiro atoms. The minimum atomic E-state index is -0.857. The summed E-state index contributed by atoms with van der Waals surface area (Å²) in [4.78, 5) is 0. The van der Waals surface area contributed by atoms with Gasteiger partial charge in [-0.2, -0.15) is 0 Å². The molecule has 0 saturated heterocycles. The first kappa shape index (κ1) is 27.0. The van der Waals surface area contributed by atoms with E-state index in [9.17, 15) is 4.21 Å². The van der Waals surface area contributed by atoms with Gasteiger partial charge < -0.3 is 12.4 Å². The van der Waals surface area contributed by atoms with Crippen LogP contribution < -0.4 is 23.9 Å². The molecule has 3 nitrogen and oxygen atoms in total. The van der Waals surface area contributed by atoms with Crippen molar-refractivity contribution in [1.29, 1.82) is 0 Å². The number of hydrogen-bond acceptors (Lipinski definition) is 3. The van der Waals surface area contributed by atoms with Gasteiger partial charge in [0.25, 0.3) is 0 Å². The van der Waals surface area contributed by atoms with E-state index in [2.05, 4.69) is 9.42 Å². The second kappa shape index (κ2) is 26.2. The molecule has 4 N–H and O–H groups in total. The van der Waals surface area contributed by atoms with Crippen molar-refractivity contribution in [3.05, 3.63) is 0 Å². The van der Waals surface area contributed by atoms with Crippen molar-refractivity contribution in [3.8, 4) is 0 Å². The maximum absolute atomic E-state index is 9.56. The first-order valence-corrected chi connectivity index (χ1v) is 19.9. The zero-order valence-corrected chi connectivity index (χ0v) is 20.4. The van der Waals surface area contributed by atoms with E-state index in [0.29, 0.717) is 6.54 Å². The molecule has 102 valence electrons. The van der Waals surface area contributed by atoms with E-state index in [1.807, 2.05) is 0 Å². The van der Waals surface area contributed by atoms with Crippen molar-refractivity contribution in [3.63, 3.8) is 0 Å². The Bertz CT molecular complexity index is 136. The Kier molecular flexibility index (Phi) is 44.2. The molecule has 0 aliphatic rings. The van der Waals surface area contributed by atoms with Gasteiger partial charge in [0.15, 0.2) is 0 Å². The van der Waals surface area contributed by atoms with Crippen molar-refractivity contribution in [2.45, 2.75) is 22.8 Å². The Hall–Kier alpha value is 2.56. The van der Waals surface area contributed by atoms with E-state index in [0.717, 1.165) is 6.42 Å². The predicted octanol–water partition coefficient (Wildman–Crippen LogP) is -1.61. The molecule has 1 unspecified atom stereocenters. The Labute approximate surface area is 139 Å². The SMILES string of the molecule is CS(C)=O.NCC(N)CC[CH2][Hg][Cl].[Cl-].[Cl][Pt+]. The summed E-state index contributed by atoms with van der Waals surface area (Å²) >= 11 is 0.754. The summed E-state index contributed by atoms with van der Waals surface area (Å²) in [6.45, 7) is 0.610. The van der Waals surface area contributed by atoms with Crippen molar-refractivity contribution >= 4 is 28.5 Å². The maximum atomic E-state index is 9.56. The van der Waals surface area contributed by atoms with Crippen LogP contribution in [0.25, 0.3) is 0 Å². The van der Waals surface area contributed by atoms with Gasteiger partial charge in [-0.25, -0.2) is 0 Å². The fraction of sp³-hybridized carbons (Fsp3) is 1.00. The van der Waals surface area contributed by atoms with E-state index >= 15 is 0 Å². The van der Waals surface area contributed by atoms with Crippen LogP contribution >= 0.6 is 17.7 Å². The predicted molar refractivity (Wildman–Crippen MR) is 62.8 cm³/mol. The molecule has 0 radical (unpaired) electrons. The Morgan fingerprint density at radius 2 is 1.81 bits per heavy atom. The van der Waals surface area contributed by atoms with Crippen LogP contribution in [0, 0.1) is 0 Å². The summed E-state index contributed by atoms with van der Waals surface area (Å²) < 4.78 is 10.8. The zero-order chi connectivity index (χ0) is 12.7. The van der Waals surface area contributed by atoms with Gasteiger partial charge in [-0.3, -0.25) is 4.21 Å². The van der Waals surface area contributed by atoms with Gasteiger partial charge in [-0.1, -0.05) is 0 Å². The normalized spacial score (nSPS) is 9.81. The van der Waals surface area contributed by atoms with Gasteiger partial charge >= 0.3 is 101 Å². The third-order valence-electron chi connectivity index (χ3n) is 1.26. The molecule has 0 bridgehead atoms. The van der Waals surface area contributed by atoms with Gasteiger partial charge in [0.1, 0.15) is 0 Å². The minimum absolute atomic E-state index is 0. The molecule has 16 heavy (non-hydrogen) atoms. The van der Waals surface area contributed by atoms with Gasteiger partial charge in [0.05, 0.1) is 0 Å². The van der Waals surface area contributed by atoms with E-state index in [-0.39, 0.29) is 18.4 Å². The van der Waals surface area contributed by atoms with Gasteiger partial charge in [0.2, 0.25) is 0 Å². The molecule has 0 aromatic carbocycles. The first-order chi connectivity index (χ1) is 7.04. The van der Waals surface area contributed by atoms with E-state index < -0.39 is 34.1 Å². The molecule has 1 atom stereocenters. The first-order valence-electron chi connectivity index (χ1n) is 4.43. The van der Waals surface area contributed by atoms with Crippen molar-refractivity contribution in [2.75, 3.05) is 19.1 Å². The molecule has 0 amide bonds. The standard InChI is InChI=1S/C5H13N2.C2H6OS.3ClH.Hg.Pt/c1-2-3-5(7)4-6;1-4(2)3;;;;;/h5H,1-4,6-7H2;1-2H3;3*1H;;/q;;;;;+1;+2/p-3. The van der Waals surface area contributed by atoms with Crippen LogP contribution in [0.5, 0.6) is 0 Å². The van der Waals surface area contributed by atoms with Gasteiger partial charge in [0, 0.05) is 23.3 Å². The van der Waals surface area contributed by atoms with E-state index in [4.69, 9.17) is 19.7 Å². The summed E-state index contributed by atoms with van der Waals surface area (Å²) in [6, 6.07) is 0.210. The van der Waals surface area contributed by atoms with Crippen LogP contribution in [0.1, 0.15) is 12.8 Å². The van der Waals surface area contributed by atoms with Crippen LogP contribution in [0.4, 0.5) is 0 Å². The van der Waals surface area contributed by atoms with Crippen LogP contribution in [-0.4, -0.2) is 29.3 Å². The van der Waals surface area contributed by atoms with Gasteiger partial charge in [-0.15, -0.1) is 0 Å². The molecule has 0 heterocycles. The molecular formula is C7H19Cl3HgN2OPtS. The molecule has 0 fully saturated rings. The van der Waals surface area contributed by atoms with E-state index in [1.165, 1.54) is 10.4 Å². The Morgan fingerprint density at radius 3 is 2.06 bits per heavy atom. The summed E-state index contributed by atoms with van der Waals surface area (Å²) in [6.07, 6.45) is 5.53. The van der Waals surface area contributed by atoms with Crippen LogP contribution in [0.3, 0.4) is 0 Å². The van der Waals surface area contributed by atoms with Crippen LogP contribution in [0.2, 0.25) is 3.93 Å². The summed E-state index contributed by atoms with van der Waals surface area (Å²) in [5, 5.41) is 0. The van der Waals surface area contributed by atoms with Crippen molar-refractivity contribution in [2.24, 2.45) is 11.5 Å². The molecular weight excluding hydrogens is 662 g/mol. The summed E-state index contributed by atoms with van der Waals surface area (Å²) in [5.41, 5.74) is 10.9. The summed E-state index contributed by atoms with van der Waals surface area (Å²) in [7, 11) is 9.68. The summed E-state index contributed by atoms with van der Waals surface area (Å²) in [5.74, 6) is 0. The molecule has 0 aromatic heterocycles. The van der Waals surface area contributed by atoms with Crippen molar-refractivity contribution in [1.82, 2.24) is 0 Å². The topological polar surface area (TPSA) is 69.1 Å². The number of rotatable bonds is 5. The molecule has 0 aliphatic carbocycles. The molecule has 0 aliphatic heterocycles. The molecule has 9 heteroatoms. The number of nitrogens with two attached hydrogens (primary N) is 2. The Morgan fingerprint density at radius 1 is 1.44 bits per heavy atom. The van der Waals surface area contributed by atoms with Crippen molar-refractivity contribution < 1.29 is 58.7 Å². The second-order valence-electron chi connectivity index (χ2n) is 2.92. The number of halogens is 3. The fourth-order valence-corrected chi connectivity index (χ4v) is 4.13. The quantitative estimate of drug-likeness (QED) is 0.272. The molecule has 0 aromatic rings. The molecule has 0 rings (SSSR count). The Balaban J connectivity index is -0.0000000879. The third kappa shape index (κ3) is 43.9. The van der Waals surface area contributed by atoms with Crippen LogP contribution in [-0.2, 0) is 52.9 Å². The average molecular weight is 681 g/mol. The zero-order valence-electron chi connectivity index (χ0n) is 9.53. The number of hydrogen-bond donors (Lipinski definition) is 2. The monoisotopic (exact) mass is 681 g/mol. The van der Waals surface area contributed by atoms with Crippen LogP contribution in [0.15, 0.2) is 0 Å². The third-order valence-corrected chi connectivity index (χ3v) is 6.59. The van der Waals surface area contributed by atoms with Gasteiger partial charge in [-0.05, 0) is 0 Å². The average Bonchev–Trinajstić information content (AvgIpc) is 2.20. The molecule has 0 saturated carbocycles. The van der Waals surface area contributed by atoms with E-state index in [1.54, 1.807) is 31.3 Å².